The van der Waals surface area contributed by atoms with E-state index in [0.717, 1.165) is 27.5 Å². The molecule has 8 aromatic carbocycles. The van der Waals surface area contributed by atoms with E-state index in [0.29, 0.717) is 17.5 Å². The van der Waals surface area contributed by atoms with Gasteiger partial charge in [-0.1, -0.05) is 184 Å². The van der Waals surface area contributed by atoms with E-state index in [-0.39, 0.29) is 5.41 Å². The SMILES string of the molecule is CC1(C)c2ccccc2C2(c3ccccc3-c3c(-c4nc(-c5ccccc5)nc(-c5cc6ccccc6c6ccccc56)n4)cccc32)c2ccccc21. The molecule has 0 aliphatic heterocycles. The lowest BCUT2D eigenvalue weighted by Crippen LogP contribution is -2.40. The van der Waals surface area contributed by atoms with Crippen LogP contribution in [-0.2, 0) is 10.8 Å². The lowest BCUT2D eigenvalue weighted by molar-refractivity contribution is 0.563. The van der Waals surface area contributed by atoms with E-state index in [1.807, 2.05) is 18.2 Å². The maximum atomic E-state index is 5.43. The highest BCUT2D eigenvalue weighted by molar-refractivity contribution is 6.13. The standard InChI is InChI=1S/C51H35N3/c1-50(2)41-26-12-14-28-43(41)51(44-29-15-13-27-42(44)50)40-25-11-10-23-37(40)46-38(24-16-30-45(46)51)48-52-47(32-17-4-3-5-18-32)53-49(54-48)39-31-33-19-6-7-20-34(33)35-21-8-9-22-36(35)39/h3-31H,1-2H3. The van der Waals surface area contributed by atoms with Crippen molar-refractivity contribution in [3.05, 3.63) is 209 Å². The summed E-state index contributed by atoms with van der Waals surface area (Å²) in [5, 5.41) is 4.67. The Balaban J connectivity index is 1.24. The van der Waals surface area contributed by atoms with Crippen molar-refractivity contribution in [2.24, 2.45) is 0 Å². The molecular weight excluding hydrogens is 655 g/mol. The summed E-state index contributed by atoms with van der Waals surface area (Å²) in [5.41, 5.74) is 12.6. The second kappa shape index (κ2) is 11.4. The molecule has 0 radical (unpaired) electrons. The lowest BCUT2D eigenvalue weighted by Gasteiger charge is -2.46. The largest absolute Gasteiger partial charge is 0.208 e. The number of benzene rings is 8. The molecule has 0 fully saturated rings. The molecule has 0 amide bonds. The summed E-state index contributed by atoms with van der Waals surface area (Å²) in [6, 6.07) is 63.5. The van der Waals surface area contributed by atoms with Gasteiger partial charge in [-0.25, -0.2) is 15.0 Å². The first-order chi connectivity index (χ1) is 26.5. The van der Waals surface area contributed by atoms with Gasteiger partial charge in [-0.05, 0) is 72.1 Å². The van der Waals surface area contributed by atoms with Gasteiger partial charge in [0.05, 0.1) is 5.41 Å². The average Bonchev–Trinajstić information content (AvgIpc) is 3.54. The molecule has 0 N–H and O–H groups in total. The number of nitrogens with zero attached hydrogens (tertiary/aromatic N) is 3. The summed E-state index contributed by atoms with van der Waals surface area (Å²) in [5.74, 6) is 1.98. The van der Waals surface area contributed by atoms with Crippen LogP contribution in [0.4, 0.5) is 0 Å². The van der Waals surface area contributed by atoms with Gasteiger partial charge in [-0.3, -0.25) is 0 Å². The predicted molar refractivity (Wildman–Crippen MR) is 221 cm³/mol. The highest BCUT2D eigenvalue weighted by Crippen LogP contribution is 2.63. The Hall–Kier alpha value is -6.71. The molecule has 2 aliphatic carbocycles. The van der Waals surface area contributed by atoms with E-state index in [1.54, 1.807) is 0 Å². The number of hydrogen-bond acceptors (Lipinski definition) is 3. The van der Waals surface area contributed by atoms with Crippen LogP contribution in [0.3, 0.4) is 0 Å². The van der Waals surface area contributed by atoms with Crippen molar-refractivity contribution in [2.45, 2.75) is 24.7 Å². The zero-order valence-electron chi connectivity index (χ0n) is 30.1. The summed E-state index contributed by atoms with van der Waals surface area (Å²) >= 11 is 0. The monoisotopic (exact) mass is 689 g/mol. The first-order valence-corrected chi connectivity index (χ1v) is 18.7. The fraction of sp³-hybridized carbons (Fsp3) is 0.0784. The molecule has 0 atom stereocenters. The molecule has 54 heavy (non-hydrogen) atoms. The maximum Gasteiger partial charge on any atom is 0.164 e. The number of aromatic nitrogens is 3. The van der Waals surface area contributed by atoms with E-state index in [9.17, 15) is 0 Å². The first kappa shape index (κ1) is 30.9. The van der Waals surface area contributed by atoms with E-state index in [2.05, 4.69) is 172 Å². The molecule has 1 spiro atoms. The van der Waals surface area contributed by atoms with E-state index >= 15 is 0 Å². The third-order valence-corrected chi connectivity index (χ3v) is 12.0. The highest BCUT2D eigenvalue weighted by Gasteiger charge is 2.53. The molecule has 11 rings (SSSR count). The average molecular weight is 690 g/mol. The third kappa shape index (κ3) is 4.15. The first-order valence-electron chi connectivity index (χ1n) is 18.7. The fourth-order valence-electron chi connectivity index (χ4n) is 9.67. The summed E-state index contributed by atoms with van der Waals surface area (Å²) < 4.78 is 0. The molecule has 3 nitrogen and oxygen atoms in total. The molecule has 9 aromatic rings. The van der Waals surface area contributed by atoms with Gasteiger partial charge in [0, 0.05) is 22.1 Å². The molecule has 2 aliphatic rings. The molecule has 254 valence electrons. The van der Waals surface area contributed by atoms with E-state index < -0.39 is 5.41 Å². The van der Waals surface area contributed by atoms with Gasteiger partial charge in [0.25, 0.3) is 0 Å². The van der Waals surface area contributed by atoms with E-state index in [4.69, 9.17) is 15.0 Å². The summed E-state index contributed by atoms with van der Waals surface area (Å²) in [6.45, 7) is 4.73. The van der Waals surface area contributed by atoms with Crippen molar-refractivity contribution in [1.82, 2.24) is 15.0 Å². The molecule has 0 bridgehead atoms. The Morgan fingerprint density at radius 1 is 0.352 bits per heavy atom. The Bertz CT molecular complexity index is 2930. The van der Waals surface area contributed by atoms with Gasteiger partial charge in [0.1, 0.15) is 0 Å². The van der Waals surface area contributed by atoms with Crippen LogP contribution < -0.4 is 0 Å². The van der Waals surface area contributed by atoms with Crippen LogP contribution in [0.5, 0.6) is 0 Å². The zero-order valence-corrected chi connectivity index (χ0v) is 30.1. The van der Waals surface area contributed by atoms with Crippen LogP contribution in [0, 0.1) is 0 Å². The van der Waals surface area contributed by atoms with Crippen LogP contribution in [0.2, 0.25) is 0 Å². The Kier molecular flexibility index (Phi) is 6.51. The lowest BCUT2D eigenvalue weighted by atomic mass is 9.55. The van der Waals surface area contributed by atoms with Crippen LogP contribution in [0.15, 0.2) is 176 Å². The Morgan fingerprint density at radius 2 is 0.852 bits per heavy atom. The van der Waals surface area contributed by atoms with Crippen LogP contribution >= 0.6 is 0 Å². The number of rotatable bonds is 3. The molecule has 0 saturated heterocycles. The molecule has 0 saturated carbocycles. The van der Waals surface area contributed by atoms with Crippen LogP contribution in [0.1, 0.15) is 47.2 Å². The summed E-state index contributed by atoms with van der Waals surface area (Å²) in [4.78, 5) is 16.0. The minimum Gasteiger partial charge on any atom is -0.208 e. The second-order valence-corrected chi connectivity index (χ2v) is 15.1. The summed E-state index contributed by atoms with van der Waals surface area (Å²) in [6.07, 6.45) is 0. The number of hydrogen-bond donors (Lipinski definition) is 0. The van der Waals surface area contributed by atoms with Crippen molar-refractivity contribution >= 4 is 21.5 Å². The molecule has 3 heteroatoms. The third-order valence-electron chi connectivity index (χ3n) is 12.0. The van der Waals surface area contributed by atoms with Crippen molar-refractivity contribution in [2.75, 3.05) is 0 Å². The topological polar surface area (TPSA) is 38.7 Å². The van der Waals surface area contributed by atoms with Crippen molar-refractivity contribution in [1.29, 1.82) is 0 Å². The molecule has 0 unspecified atom stereocenters. The van der Waals surface area contributed by atoms with Gasteiger partial charge >= 0.3 is 0 Å². The van der Waals surface area contributed by atoms with E-state index in [1.165, 1.54) is 55.3 Å². The predicted octanol–water partition coefficient (Wildman–Crippen LogP) is 12.2. The quantitative estimate of drug-likeness (QED) is 0.173. The minimum absolute atomic E-state index is 0.163. The maximum absolute atomic E-state index is 5.43. The van der Waals surface area contributed by atoms with Crippen LogP contribution in [0.25, 0.3) is 66.8 Å². The Labute approximate surface area is 314 Å². The van der Waals surface area contributed by atoms with Crippen molar-refractivity contribution in [3.8, 4) is 45.3 Å². The van der Waals surface area contributed by atoms with Gasteiger partial charge in [0.2, 0.25) is 0 Å². The van der Waals surface area contributed by atoms with Crippen LogP contribution in [-0.4, -0.2) is 15.0 Å². The molecule has 1 aromatic heterocycles. The summed E-state index contributed by atoms with van der Waals surface area (Å²) in [7, 11) is 0. The van der Waals surface area contributed by atoms with Crippen molar-refractivity contribution < 1.29 is 0 Å². The van der Waals surface area contributed by atoms with Gasteiger partial charge < -0.3 is 0 Å². The fourth-order valence-corrected chi connectivity index (χ4v) is 9.67. The smallest absolute Gasteiger partial charge is 0.164 e. The van der Waals surface area contributed by atoms with Gasteiger partial charge in [-0.15, -0.1) is 0 Å². The highest BCUT2D eigenvalue weighted by atomic mass is 15.0. The molecular formula is C51H35N3. The van der Waals surface area contributed by atoms with Gasteiger partial charge in [0.15, 0.2) is 17.5 Å². The number of fused-ring (bicyclic) bond motifs is 12. The van der Waals surface area contributed by atoms with Gasteiger partial charge in [-0.2, -0.15) is 0 Å². The van der Waals surface area contributed by atoms with Crippen molar-refractivity contribution in [3.63, 3.8) is 0 Å². The normalized spacial score (nSPS) is 14.4. The zero-order chi connectivity index (χ0) is 36.0. The Morgan fingerprint density at radius 3 is 1.57 bits per heavy atom. The second-order valence-electron chi connectivity index (χ2n) is 15.1. The minimum atomic E-state index is -0.503. The molecule has 1 heterocycles.